The van der Waals surface area contributed by atoms with Crippen LogP contribution in [0, 0.1) is 5.92 Å². The van der Waals surface area contributed by atoms with Crippen molar-refractivity contribution in [3.05, 3.63) is 71.3 Å². The van der Waals surface area contributed by atoms with Gasteiger partial charge in [0.25, 0.3) is 10.1 Å². The molecule has 1 aliphatic heterocycles. The number of benzene rings is 2. The predicted molar refractivity (Wildman–Crippen MR) is 105 cm³/mol. The van der Waals surface area contributed by atoms with Gasteiger partial charge in [-0.15, -0.1) is 0 Å². The van der Waals surface area contributed by atoms with Crippen LogP contribution in [0.25, 0.3) is 0 Å². The molecule has 0 amide bonds. The van der Waals surface area contributed by atoms with E-state index in [-0.39, 0.29) is 0 Å². The number of likely N-dealkylation sites (tertiary alicyclic amines) is 1. The SMILES string of the molecule is CN1C[C@H]2c3ccccc3CCC2[C@H]1Cc1ccccc1.CS(=O)(=O)O. The lowest BCUT2D eigenvalue weighted by Crippen LogP contribution is -2.32. The van der Waals surface area contributed by atoms with E-state index in [1.165, 1.54) is 31.4 Å². The minimum absolute atomic E-state index is 0.700. The van der Waals surface area contributed by atoms with Crippen LogP contribution in [0.3, 0.4) is 0 Å². The summed E-state index contributed by atoms with van der Waals surface area (Å²) in [5.41, 5.74) is 4.69. The molecule has 4 nitrogen and oxygen atoms in total. The molecule has 1 N–H and O–H groups in total. The number of likely N-dealkylation sites (N-methyl/N-ethyl adjacent to an activating group) is 1. The molecule has 4 rings (SSSR count). The van der Waals surface area contributed by atoms with E-state index in [4.69, 9.17) is 4.55 Å². The summed E-state index contributed by atoms with van der Waals surface area (Å²) in [6, 6.07) is 20.8. The second kappa shape index (κ2) is 7.91. The van der Waals surface area contributed by atoms with E-state index in [1.54, 1.807) is 11.1 Å². The summed E-state index contributed by atoms with van der Waals surface area (Å²) in [7, 11) is -1.35. The standard InChI is InChI=1S/C20H23N.CH4O3S/c1-21-14-19-17-10-6-5-9-16(17)11-12-18(19)20(21)13-15-7-3-2-4-8-15;1-5(2,3)4/h2-10,18-20H,11-14H2,1H3;1H3,(H,2,3,4)/t18?,19-,20+;/m0./s1. The van der Waals surface area contributed by atoms with Crippen molar-refractivity contribution in [3.63, 3.8) is 0 Å². The highest BCUT2D eigenvalue weighted by Gasteiger charge is 2.42. The van der Waals surface area contributed by atoms with E-state index in [9.17, 15) is 8.42 Å². The molecule has 2 aromatic carbocycles. The minimum Gasteiger partial charge on any atom is -0.302 e. The van der Waals surface area contributed by atoms with Crippen molar-refractivity contribution in [1.29, 1.82) is 0 Å². The lowest BCUT2D eigenvalue weighted by molar-refractivity contribution is 0.259. The van der Waals surface area contributed by atoms with Crippen molar-refractivity contribution in [3.8, 4) is 0 Å². The van der Waals surface area contributed by atoms with Gasteiger partial charge in [-0.2, -0.15) is 8.42 Å². The van der Waals surface area contributed by atoms with Gasteiger partial charge in [0, 0.05) is 18.5 Å². The first kappa shape index (κ1) is 19.1. The van der Waals surface area contributed by atoms with Crippen molar-refractivity contribution in [2.24, 2.45) is 5.92 Å². The van der Waals surface area contributed by atoms with Crippen LogP contribution >= 0.6 is 0 Å². The van der Waals surface area contributed by atoms with Gasteiger partial charge in [-0.3, -0.25) is 4.55 Å². The third-order valence-electron chi connectivity index (χ3n) is 5.55. The van der Waals surface area contributed by atoms with Gasteiger partial charge in [-0.25, -0.2) is 0 Å². The summed E-state index contributed by atoms with van der Waals surface area (Å²) < 4.78 is 25.9. The zero-order valence-electron chi connectivity index (χ0n) is 15.4. The molecule has 0 aromatic heterocycles. The molecule has 1 fully saturated rings. The predicted octanol–water partition coefficient (Wildman–Crippen LogP) is 3.39. The molecular formula is C21H27NO3S. The largest absolute Gasteiger partial charge is 0.302 e. The Morgan fingerprint density at radius 1 is 1.08 bits per heavy atom. The fraction of sp³-hybridized carbons (Fsp3) is 0.429. The molecule has 0 bridgehead atoms. The van der Waals surface area contributed by atoms with Gasteiger partial charge in [-0.05, 0) is 48.9 Å². The zero-order valence-corrected chi connectivity index (χ0v) is 16.2. The number of nitrogens with zero attached hydrogens (tertiary/aromatic N) is 1. The number of hydrogen-bond acceptors (Lipinski definition) is 3. The van der Waals surface area contributed by atoms with Gasteiger partial charge in [0.1, 0.15) is 0 Å². The first-order chi connectivity index (χ1) is 12.3. The van der Waals surface area contributed by atoms with Crippen LogP contribution in [-0.2, 0) is 23.0 Å². The van der Waals surface area contributed by atoms with E-state index in [0.29, 0.717) is 12.3 Å². The second-order valence-electron chi connectivity index (χ2n) is 7.44. The zero-order chi connectivity index (χ0) is 18.7. The maximum Gasteiger partial charge on any atom is 0.261 e. The third-order valence-corrected chi connectivity index (χ3v) is 5.55. The topological polar surface area (TPSA) is 57.6 Å². The van der Waals surface area contributed by atoms with Crippen molar-refractivity contribution in [2.45, 2.75) is 31.2 Å². The average molecular weight is 374 g/mol. The molecule has 2 aromatic rings. The molecule has 1 saturated heterocycles. The van der Waals surface area contributed by atoms with Gasteiger partial charge in [0.2, 0.25) is 0 Å². The Bertz CT molecular complexity index is 827. The fourth-order valence-corrected chi connectivity index (χ4v) is 4.51. The van der Waals surface area contributed by atoms with Gasteiger partial charge in [-0.1, -0.05) is 54.6 Å². The molecule has 1 aliphatic carbocycles. The van der Waals surface area contributed by atoms with E-state index in [0.717, 1.165) is 11.8 Å². The molecule has 1 unspecified atom stereocenters. The molecule has 0 saturated carbocycles. The molecule has 0 spiro atoms. The molecule has 3 atom stereocenters. The Labute approximate surface area is 156 Å². The Kier molecular flexibility index (Phi) is 5.80. The van der Waals surface area contributed by atoms with Crippen molar-refractivity contribution >= 4 is 10.1 Å². The first-order valence-electron chi connectivity index (χ1n) is 9.07. The van der Waals surface area contributed by atoms with Crippen LogP contribution < -0.4 is 0 Å². The fourth-order valence-electron chi connectivity index (χ4n) is 4.51. The molecule has 5 heteroatoms. The summed E-state index contributed by atoms with van der Waals surface area (Å²) in [4.78, 5) is 2.60. The summed E-state index contributed by atoms with van der Waals surface area (Å²) in [6.45, 7) is 1.22. The summed E-state index contributed by atoms with van der Waals surface area (Å²) in [5.74, 6) is 1.57. The Morgan fingerprint density at radius 2 is 1.69 bits per heavy atom. The molecular weight excluding hydrogens is 346 g/mol. The lowest BCUT2D eigenvalue weighted by atomic mass is 9.74. The molecule has 140 valence electrons. The van der Waals surface area contributed by atoms with Crippen molar-refractivity contribution < 1.29 is 13.0 Å². The lowest BCUT2D eigenvalue weighted by Gasteiger charge is -2.31. The van der Waals surface area contributed by atoms with E-state index < -0.39 is 10.1 Å². The van der Waals surface area contributed by atoms with Gasteiger partial charge < -0.3 is 4.90 Å². The van der Waals surface area contributed by atoms with Crippen LogP contribution in [0.5, 0.6) is 0 Å². The highest BCUT2D eigenvalue weighted by Crippen LogP contribution is 2.45. The van der Waals surface area contributed by atoms with Gasteiger partial charge in [0.15, 0.2) is 0 Å². The maximum atomic E-state index is 9.19. The van der Waals surface area contributed by atoms with Crippen molar-refractivity contribution in [2.75, 3.05) is 19.8 Å². The highest BCUT2D eigenvalue weighted by molar-refractivity contribution is 7.85. The summed E-state index contributed by atoms with van der Waals surface area (Å²) >= 11 is 0. The first-order valence-corrected chi connectivity index (χ1v) is 10.9. The van der Waals surface area contributed by atoms with Crippen molar-refractivity contribution in [1.82, 2.24) is 4.90 Å². The number of fused-ring (bicyclic) bond motifs is 3. The maximum absolute atomic E-state index is 9.19. The van der Waals surface area contributed by atoms with Gasteiger partial charge in [0.05, 0.1) is 6.26 Å². The number of aryl methyl sites for hydroxylation is 1. The summed E-state index contributed by atoms with van der Waals surface area (Å²) in [6.07, 6.45) is 4.52. The van der Waals surface area contributed by atoms with Gasteiger partial charge >= 0.3 is 0 Å². The van der Waals surface area contributed by atoms with Crippen LogP contribution in [0.1, 0.15) is 29.0 Å². The molecule has 26 heavy (non-hydrogen) atoms. The summed E-state index contributed by atoms with van der Waals surface area (Å²) in [5, 5.41) is 0. The molecule has 2 aliphatic rings. The minimum atomic E-state index is -3.67. The average Bonchev–Trinajstić information content (AvgIpc) is 2.91. The number of hydrogen-bond donors (Lipinski definition) is 1. The van der Waals surface area contributed by atoms with Crippen LogP contribution in [0.4, 0.5) is 0 Å². The Morgan fingerprint density at radius 3 is 2.38 bits per heavy atom. The van der Waals surface area contributed by atoms with Crippen LogP contribution in [0.15, 0.2) is 54.6 Å². The normalized spacial score (nSPS) is 25.0. The quantitative estimate of drug-likeness (QED) is 0.820. The van der Waals surface area contributed by atoms with E-state index >= 15 is 0 Å². The third kappa shape index (κ3) is 4.72. The Balaban J connectivity index is 0.000000349. The smallest absolute Gasteiger partial charge is 0.261 e. The molecule has 1 heterocycles. The van der Waals surface area contributed by atoms with Crippen LogP contribution in [0.2, 0.25) is 0 Å². The van der Waals surface area contributed by atoms with E-state index in [2.05, 4.69) is 66.5 Å². The highest BCUT2D eigenvalue weighted by atomic mass is 32.2. The van der Waals surface area contributed by atoms with E-state index in [1.807, 2.05) is 0 Å². The second-order valence-corrected chi connectivity index (χ2v) is 8.90. The number of rotatable bonds is 2. The molecule has 0 radical (unpaired) electrons. The Hall–Kier alpha value is -1.69. The monoisotopic (exact) mass is 373 g/mol. The van der Waals surface area contributed by atoms with Crippen LogP contribution in [-0.4, -0.2) is 43.8 Å².